The van der Waals surface area contributed by atoms with Gasteiger partial charge in [0.05, 0.1) is 0 Å². The molecular weight excluding hydrogens is 262 g/mol. The average Bonchev–Trinajstić information content (AvgIpc) is 2.45. The highest BCUT2D eigenvalue weighted by Gasteiger charge is 2.26. The number of rotatable bonds is 5. The van der Waals surface area contributed by atoms with E-state index in [2.05, 4.69) is 38.7 Å². The lowest BCUT2D eigenvalue weighted by Crippen LogP contribution is -2.48. The second-order valence-corrected chi connectivity index (χ2v) is 6.49. The number of aliphatic hydroxyl groups excluding tert-OH is 1. The summed E-state index contributed by atoms with van der Waals surface area (Å²) in [5.41, 5.74) is 2.38. The number of nitrogens with zero attached hydrogens (tertiary/aromatic N) is 1. The van der Waals surface area contributed by atoms with Gasteiger partial charge in [-0.3, -0.25) is 4.90 Å². The van der Waals surface area contributed by atoms with Gasteiger partial charge in [0.2, 0.25) is 0 Å². The van der Waals surface area contributed by atoms with Crippen LogP contribution in [0.15, 0.2) is 18.2 Å². The summed E-state index contributed by atoms with van der Waals surface area (Å²) in [7, 11) is 0. The van der Waals surface area contributed by atoms with Crippen LogP contribution >= 0.6 is 0 Å². The van der Waals surface area contributed by atoms with E-state index in [0.29, 0.717) is 25.2 Å². The summed E-state index contributed by atoms with van der Waals surface area (Å²) in [5.74, 6) is 0.883. The number of likely N-dealkylation sites (tertiary alicyclic amines) is 1. The highest BCUT2D eigenvalue weighted by atomic mass is 16.5. The molecule has 3 atom stereocenters. The first-order valence-corrected chi connectivity index (χ1v) is 8.12. The van der Waals surface area contributed by atoms with E-state index in [-0.39, 0.29) is 0 Å². The van der Waals surface area contributed by atoms with Gasteiger partial charge < -0.3 is 9.84 Å². The number of benzene rings is 1. The first-order valence-electron chi connectivity index (χ1n) is 8.12. The molecular formula is C18H29NO2. The molecule has 1 aliphatic rings. The average molecular weight is 291 g/mol. The van der Waals surface area contributed by atoms with Crippen molar-refractivity contribution >= 4 is 0 Å². The van der Waals surface area contributed by atoms with E-state index in [1.54, 1.807) is 0 Å². The van der Waals surface area contributed by atoms with Gasteiger partial charge in [0.15, 0.2) is 0 Å². The maximum atomic E-state index is 10.3. The first-order chi connectivity index (χ1) is 9.99. The van der Waals surface area contributed by atoms with E-state index in [4.69, 9.17) is 4.74 Å². The Bertz CT molecular complexity index is 451. The number of aliphatic hydroxyl groups is 1. The van der Waals surface area contributed by atoms with Crippen LogP contribution in [0.5, 0.6) is 5.75 Å². The summed E-state index contributed by atoms with van der Waals surface area (Å²) >= 11 is 0. The summed E-state index contributed by atoms with van der Waals surface area (Å²) in [6.07, 6.45) is 3.32. The predicted octanol–water partition coefficient (Wildman–Crippen LogP) is 3.31. The normalized spacial score (nSPS) is 24.8. The predicted molar refractivity (Wildman–Crippen MR) is 86.9 cm³/mol. The van der Waals surface area contributed by atoms with Crippen LogP contribution in [0.25, 0.3) is 0 Å². The Morgan fingerprint density at radius 2 is 1.90 bits per heavy atom. The van der Waals surface area contributed by atoms with Gasteiger partial charge in [0, 0.05) is 18.6 Å². The van der Waals surface area contributed by atoms with Crippen molar-refractivity contribution in [1.82, 2.24) is 4.90 Å². The van der Waals surface area contributed by atoms with Gasteiger partial charge >= 0.3 is 0 Å². The Balaban J connectivity index is 1.87. The number of β-amino-alcohol motifs (C(OH)–C–C–N with tert-alkyl or cyclic N) is 1. The van der Waals surface area contributed by atoms with E-state index in [1.165, 1.54) is 24.8 Å². The molecule has 0 unspecified atom stereocenters. The third-order valence-corrected chi connectivity index (χ3v) is 4.78. The Morgan fingerprint density at radius 3 is 2.57 bits per heavy atom. The summed E-state index contributed by atoms with van der Waals surface area (Å²) in [5, 5.41) is 10.3. The fourth-order valence-electron chi connectivity index (χ4n) is 3.20. The molecule has 3 heteroatoms. The van der Waals surface area contributed by atoms with Crippen LogP contribution in [-0.4, -0.2) is 41.3 Å². The molecule has 1 saturated heterocycles. The summed E-state index contributed by atoms with van der Waals surface area (Å²) < 4.78 is 5.81. The number of piperidine rings is 1. The standard InChI is InChI=1S/C18H29NO2/c1-13-7-5-10-18(16(13)4)21-12-17(20)11-19-14(2)8-6-9-15(19)3/h5,7,10,14-15,17,20H,6,8-9,11-12H2,1-4H3/t14-,15+,17-/m1/s1. The van der Waals surface area contributed by atoms with Crippen molar-refractivity contribution in [2.24, 2.45) is 0 Å². The number of hydrogen-bond donors (Lipinski definition) is 1. The maximum absolute atomic E-state index is 10.3. The second kappa shape index (κ2) is 7.28. The lowest BCUT2D eigenvalue weighted by Gasteiger charge is -2.40. The zero-order valence-electron chi connectivity index (χ0n) is 13.8. The molecule has 1 aliphatic heterocycles. The largest absolute Gasteiger partial charge is 0.491 e. The minimum absolute atomic E-state index is 0.361. The van der Waals surface area contributed by atoms with Crippen LogP contribution in [0, 0.1) is 13.8 Å². The summed E-state index contributed by atoms with van der Waals surface area (Å²) in [6, 6.07) is 7.17. The number of aryl methyl sites for hydroxylation is 1. The van der Waals surface area contributed by atoms with Gasteiger partial charge in [-0.1, -0.05) is 18.6 Å². The van der Waals surface area contributed by atoms with Crippen molar-refractivity contribution in [2.45, 2.75) is 65.1 Å². The fraction of sp³-hybridized carbons (Fsp3) is 0.667. The molecule has 0 amide bonds. The molecule has 0 radical (unpaired) electrons. The first kappa shape index (κ1) is 16.3. The molecule has 0 bridgehead atoms. The van der Waals surface area contributed by atoms with Crippen molar-refractivity contribution in [1.29, 1.82) is 0 Å². The summed E-state index contributed by atoms with van der Waals surface area (Å²) in [4.78, 5) is 2.42. The van der Waals surface area contributed by atoms with E-state index >= 15 is 0 Å². The van der Waals surface area contributed by atoms with Crippen LogP contribution in [0.3, 0.4) is 0 Å². The third-order valence-electron chi connectivity index (χ3n) is 4.78. The zero-order chi connectivity index (χ0) is 15.4. The smallest absolute Gasteiger partial charge is 0.122 e. The van der Waals surface area contributed by atoms with Crippen molar-refractivity contribution in [3.05, 3.63) is 29.3 Å². The molecule has 1 aromatic carbocycles. The number of ether oxygens (including phenoxy) is 1. The van der Waals surface area contributed by atoms with Crippen molar-refractivity contribution in [3.8, 4) is 5.75 Å². The van der Waals surface area contributed by atoms with Gasteiger partial charge in [-0.25, -0.2) is 0 Å². The molecule has 1 fully saturated rings. The highest BCUT2D eigenvalue weighted by Crippen LogP contribution is 2.23. The second-order valence-electron chi connectivity index (χ2n) is 6.49. The van der Waals surface area contributed by atoms with Crippen LogP contribution in [-0.2, 0) is 0 Å². The topological polar surface area (TPSA) is 32.7 Å². The van der Waals surface area contributed by atoms with Crippen LogP contribution in [0.2, 0.25) is 0 Å². The zero-order valence-corrected chi connectivity index (χ0v) is 13.8. The number of hydrogen-bond acceptors (Lipinski definition) is 3. The third kappa shape index (κ3) is 4.21. The van der Waals surface area contributed by atoms with E-state index < -0.39 is 6.10 Å². The molecule has 0 aliphatic carbocycles. The molecule has 1 N–H and O–H groups in total. The Morgan fingerprint density at radius 1 is 1.24 bits per heavy atom. The van der Waals surface area contributed by atoms with Crippen LogP contribution in [0.4, 0.5) is 0 Å². The summed E-state index contributed by atoms with van der Waals surface area (Å²) in [6.45, 7) is 9.72. The van der Waals surface area contributed by atoms with E-state index in [9.17, 15) is 5.11 Å². The minimum Gasteiger partial charge on any atom is -0.491 e. The highest BCUT2D eigenvalue weighted by molar-refractivity contribution is 5.38. The van der Waals surface area contributed by atoms with E-state index in [1.807, 2.05) is 12.1 Å². The van der Waals surface area contributed by atoms with Crippen LogP contribution < -0.4 is 4.74 Å². The van der Waals surface area contributed by atoms with Gasteiger partial charge in [-0.15, -0.1) is 0 Å². The van der Waals surface area contributed by atoms with Gasteiger partial charge in [0.25, 0.3) is 0 Å². The lowest BCUT2D eigenvalue weighted by atomic mass is 9.97. The lowest BCUT2D eigenvalue weighted by molar-refractivity contribution is 0.0207. The monoisotopic (exact) mass is 291 g/mol. The quantitative estimate of drug-likeness (QED) is 0.903. The molecule has 118 valence electrons. The van der Waals surface area contributed by atoms with E-state index in [0.717, 1.165) is 11.3 Å². The van der Waals surface area contributed by atoms with Crippen molar-refractivity contribution in [2.75, 3.05) is 13.2 Å². The molecule has 0 saturated carbocycles. The minimum atomic E-state index is -0.437. The Labute approximate surface area is 128 Å². The molecule has 0 aromatic heterocycles. The van der Waals surface area contributed by atoms with Crippen molar-refractivity contribution in [3.63, 3.8) is 0 Å². The molecule has 0 spiro atoms. The van der Waals surface area contributed by atoms with Crippen LogP contribution in [0.1, 0.15) is 44.2 Å². The SMILES string of the molecule is Cc1cccc(OC[C@H](O)CN2[C@H](C)CCC[C@@H]2C)c1C. The molecule has 1 heterocycles. The molecule has 21 heavy (non-hydrogen) atoms. The van der Waals surface area contributed by atoms with Crippen molar-refractivity contribution < 1.29 is 9.84 Å². The molecule has 2 rings (SSSR count). The molecule has 1 aromatic rings. The Kier molecular flexibility index (Phi) is 5.65. The van der Waals surface area contributed by atoms with Gasteiger partial charge in [-0.05, 0) is 57.7 Å². The molecule has 3 nitrogen and oxygen atoms in total. The Hall–Kier alpha value is -1.06. The van der Waals surface area contributed by atoms with Gasteiger partial charge in [0.1, 0.15) is 18.5 Å². The maximum Gasteiger partial charge on any atom is 0.122 e. The van der Waals surface area contributed by atoms with Gasteiger partial charge in [-0.2, -0.15) is 0 Å². The fourth-order valence-corrected chi connectivity index (χ4v) is 3.20.